The molecular weight excluding hydrogens is 424 g/mol. The van der Waals surface area contributed by atoms with E-state index in [0.717, 1.165) is 33.9 Å². The van der Waals surface area contributed by atoms with Crippen LogP contribution in [0.5, 0.6) is 0 Å². The predicted molar refractivity (Wildman–Crippen MR) is 106 cm³/mol. The van der Waals surface area contributed by atoms with Crippen LogP contribution >= 0.6 is 0 Å². The molecular formula is C20H24F4N2O3S. The van der Waals surface area contributed by atoms with Crippen molar-refractivity contribution in [2.75, 3.05) is 25.6 Å². The average Bonchev–Trinajstić information content (AvgIpc) is 2.97. The molecule has 166 valence electrons. The fourth-order valence-electron chi connectivity index (χ4n) is 3.00. The van der Waals surface area contributed by atoms with Gasteiger partial charge in [-0.05, 0) is 29.7 Å². The first-order valence-electron chi connectivity index (χ1n) is 9.20. The van der Waals surface area contributed by atoms with Gasteiger partial charge in [-0.3, -0.25) is 4.79 Å². The van der Waals surface area contributed by atoms with Crippen LogP contribution in [-0.4, -0.2) is 49.4 Å². The van der Waals surface area contributed by atoms with Crippen molar-refractivity contribution in [2.45, 2.75) is 26.6 Å². The topological polar surface area (TPSA) is 59.4 Å². The summed E-state index contributed by atoms with van der Waals surface area (Å²) in [6, 6.07) is 5.69. The SMILES string of the molecule is CC(C)Cn1c(C(F)(F)F)cc(-c2ccc(F)cc2)c1C(=O)N(C)CCS(C)(=O)=O. The zero-order valence-electron chi connectivity index (χ0n) is 17.1. The molecule has 5 nitrogen and oxygen atoms in total. The Kier molecular flexibility index (Phi) is 7.01. The Morgan fingerprint density at radius 3 is 2.20 bits per heavy atom. The van der Waals surface area contributed by atoms with Crippen molar-refractivity contribution in [2.24, 2.45) is 5.92 Å². The average molecular weight is 448 g/mol. The van der Waals surface area contributed by atoms with Crippen molar-refractivity contribution in [1.82, 2.24) is 9.47 Å². The van der Waals surface area contributed by atoms with Crippen molar-refractivity contribution in [3.8, 4) is 11.1 Å². The van der Waals surface area contributed by atoms with Gasteiger partial charge in [-0.15, -0.1) is 0 Å². The zero-order valence-corrected chi connectivity index (χ0v) is 17.9. The number of rotatable bonds is 7. The van der Waals surface area contributed by atoms with E-state index < -0.39 is 33.4 Å². The Morgan fingerprint density at radius 1 is 1.17 bits per heavy atom. The molecule has 0 aliphatic rings. The number of alkyl halides is 3. The summed E-state index contributed by atoms with van der Waals surface area (Å²) in [4.78, 5) is 14.2. The van der Waals surface area contributed by atoms with E-state index in [1.165, 1.54) is 19.2 Å². The van der Waals surface area contributed by atoms with Gasteiger partial charge in [-0.25, -0.2) is 12.8 Å². The second kappa shape index (κ2) is 8.79. The Morgan fingerprint density at radius 2 is 1.73 bits per heavy atom. The monoisotopic (exact) mass is 448 g/mol. The number of halogens is 4. The second-order valence-corrected chi connectivity index (χ2v) is 9.92. The smallest absolute Gasteiger partial charge is 0.339 e. The van der Waals surface area contributed by atoms with Crippen LogP contribution in [0.3, 0.4) is 0 Å². The molecule has 1 amide bonds. The quantitative estimate of drug-likeness (QED) is 0.600. The lowest BCUT2D eigenvalue weighted by molar-refractivity contribution is -0.143. The van der Waals surface area contributed by atoms with E-state index in [2.05, 4.69) is 0 Å². The molecule has 0 unspecified atom stereocenters. The molecule has 1 aromatic carbocycles. The van der Waals surface area contributed by atoms with Gasteiger partial charge in [0.05, 0.1) is 5.75 Å². The number of hydrogen-bond donors (Lipinski definition) is 0. The number of sulfone groups is 1. The molecule has 0 N–H and O–H groups in total. The molecule has 0 fully saturated rings. The molecule has 10 heteroatoms. The maximum atomic E-state index is 13.8. The Balaban J connectivity index is 2.67. The molecule has 0 bridgehead atoms. The van der Waals surface area contributed by atoms with Crippen molar-refractivity contribution in [3.05, 3.63) is 47.5 Å². The third-order valence-electron chi connectivity index (χ3n) is 4.44. The van der Waals surface area contributed by atoms with E-state index in [9.17, 15) is 30.8 Å². The second-order valence-electron chi connectivity index (χ2n) is 7.66. The molecule has 0 atom stereocenters. The number of hydrogen-bond acceptors (Lipinski definition) is 3. The van der Waals surface area contributed by atoms with E-state index in [1.807, 2.05) is 0 Å². The number of carbonyl (C=O) groups excluding carboxylic acids is 1. The van der Waals surface area contributed by atoms with Crippen molar-refractivity contribution in [1.29, 1.82) is 0 Å². The maximum Gasteiger partial charge on any atom is 0.431 e. The molecule has 0 aliphatic carbocycles. The number of benzene rings is 1. The van der Waals surface area contributed by atoms with Gasteiger partial charge in [0.15, 0.2) is 0 Å². The highest BCUT2D eigenvalue weighted by molar-refractivity contribution is 7.90. The van der Waals surface area contributed by atoms with E-state index in [-0.39, 0.29) is 41.6 Å². The van der Waals surface area contributed by atoms with Crippen molar-refractivity contribution >= 4 is 15.7 Å². The van der Waals surface area contributed by atoms with Crippen LogP contribution in [0, 0.1) is 11.7 Å². The number of aromatic nitrogens is 1. The lowest BCUT2D eigenvalue weighted by atomic mass is 10.0. The summed E-state index contributed by atoms with van der Waals surface area (Å²) in [6.07, 6.45) is -3.70. The molecule has 30 heavy (non-hydrogen) atoms. The fraction of sp³-hybridized carbons (Fsp3) is 0.450. The van der Waals surface area contributed by atoms with E-state index >= 15 is 0 Å². The van der Waals surface area contributed by atoms with Crippen LogP contribution in [0.15, 0.2) is 30.3 Å². The van der Waals surface area contributed by atoms with Crippen LogP contribution in [0.4, 0.5) is 17.6 Å². The highest BCUT2D eigenvalue weighted by Crippen LogP contribution is 2.38. The first-order chi connectivity index (χ1) is 13.7. The number of amides is 1. The van der Waals surface area contributed by atoms with E-state index in [4.69, 9.17) is 0 Å². The van der Waals surface area contributed by atoms with Crippen LogP contribution < -0.4 is 0 Å². The summed E-state index contributed by atoms with van der Waals surface area (Å²) < 4.78 is 78.4. The zero-order chi connectivity index (χ0) is 22.9. The van der Waals surface area contributed by atoms with Gasteiger partial charge in [0.1, 0.15) is 27.0 Å². The third kappa shape index (κ3) is 5.84. The first kappa shape index (κ1) is 23.9. The summed E-state index contributed by atoms with van der Waals surface area (Å²) >= 11 is 0. The molecule has 0 saturated heterocycles. The predicted octanol–water partition coefficient (Wildman–Crippen LogP) is 4.09. The molecule has 2 rings (SSSR count). The third-order valence-corrected chi connectivity index (χ3v) is 5.36. The first-order valence-corrected chi connectivity index (χ1v) is 11.3. The molecule has 0 saturated carbocycles. The van der Waals surface area contributed by atoms with Gasteiger partial charge in [-0.2, -0.15) is 13.2 Å². The summed E-state index contributed by atoms with van der Waals surface area (Å²) in [5.74, 6) is -1.82. The molecule has 1 aromatic heterocycles. The Bertz CT molecular complexity index is 1010. The van der Waals surface area contributed by atoms with E-state index in [0.29, 0.717) is 0 Å². The minimum Gasteiger partial charge on any atom is -0.339 e. The van der Waals surface area contributed by atoms with Gasteiger partial charge < -0.3 is 9.47 Å². The largest absolute Gasteiger partial charge is 0.431 e. The van der Waals surface area contributed by atoms with Gasteiger partial charge in [-0.1, -0.05) is 26.0 Å². The van der Waals surface area contributed by atoms with Gasteiger partial charge in [0, 0.05) is 32.0 Å². The maximum absolute atomic E-state index is 13.8. The molecule has 0 aliphatic heterocycles. The van der Waals surface area contributed by atoms with Crippen molar-refractivity contribution in [3.63, 3.8) is 0 Å². The summed E-state index contributed by atoms with van der Waals surface area (Å²) in [7, 11) is -2.04. The summed E-state index contributed by atoms with van der Waals surface area (Å²) in [5, 5.41) is 0. The molecule has 0 radical (unpaired) electrons. The summed E-state index contributed by atoms with van der Waals surface area (Å²) in [6.45, 7) is 3.20. The van der Waals surface area contributed by atoms with Crippen LogP contribution in [-0.2, 0) is 22.6 Å². The van der Waals surface area contributed by atoms with Crippen molar-refractivity contribution < 1.29 is 30.8 Å². The highest BCUT2D eigenvalue weighted by Gasteiger charge is 2.38. The normalized spacial score (nSPS) is 12.4. The number of carbonyl (C=O) groups is 1. The van der Waals surface area contributed by atoms with Gasteiger partial charge in [0.2, 0.25) is 0 Å². The molecule has 1 heterocycles. The van der Waals surface area contributed by atoms with E-state index in [1.54, 1.807) is 13.8 Å². The molecule has 2 aromatic rings. The van der Waals surface area contributed by atoms with Crippen LogP contribution in [0.1, 0.15) is 30.0 Å². The lowest BCUT2D eigenvalue weighted by Crippen LogP contribution is -2.34. The van der Waals surface area contributed by atoms with Gasteiger partial charge in [0.25, 0.3) is 5.91 Å². The van der Waals surface area contributed by atoms with Gasteiger partial charge >= 0.3 is 6.18 Å². The number of nitrogens with zero attached hydrogens (tertiary/aromatic N) is 2. The Labute approximate surface area is 173 Å². The van der Waals surface area contributed by atoms with Crippen LogP contribution in [0.2, 0.25) is 0 Å². The minimum absolute atomic E-state index is 0.0131. The van der Waals surface area contributed by atoms with Crippen LogP contribution in [0.25, 0.3) is 11.1 Å². The standard InChI is InChI=1S/C20H24F4N2O3S/c1-13(2)12-26-17(20(22,23)24)11-16(14-5-7-15(21)8-6-14)18(26)19(27)25(3)9-10-30(4,28)29/h5-8,11,13H,9-10,12H2,1-4H3. The highest BCUT2D eigenvalue weighted by atomic mass is 32.2. The summed E-state index contributed by atoms with van der Waals surface area (Å²) in [5.41, 5.74) is -0.933. The minimum atomic E-state index is -4.71. The Hall–Kier alpha value is -2.36. The lowest BCUT2D eigenvalue weighted by Gasteiger charge is -2.22. The molecule has 0 spiro atoms. The fourth-order valence-corrected chi connectivity index (χ4v) is 3.61.